The number of ether oxygens (including phenoxy) is 1. The van der Waals surface area contributed by atoms with Crippen LogP contribution in [0, 0.1) is 6.92 Å². The number of rotatable bonds is 6. The van der Waals surface area contributed by atoms with E-state index in [0.717, 1.165) is 31.7 Å². The largest absolute Gasteiger partial charge is 0.489 e. The molecule has 7 heteroatoms. The third-order valence-corrected chi connectivity index (χ3v) is 4.33. The topological polar surface area (TPSA) is 81.1 Å². The van der Waals surface area contributed by atoms with Crippen molar-refractivity contribution in [2.24, 2.45) is 0 Å². The molecule has 3 rings (SSSR count). The maximum Gasteiger partial charge on any atom is 0.273 e. The van der Waals surface area contributed by atoms with Crippen molar-refractivity contribution in [2.45, 2.75) is 38.8 Å². The molecule has 2 aromatic rings. The number of aromatic nitrogens is 3. The lowest BCUT2D eigenvalue weighted by Crippen LogP contribution is -2.33. The summed E-state index contributed by atoms with van der Waals surface area (Å²) < 4.78 is 7.60. The molecule has 1 saturated heterocycles. The number of benzene rings is 1. The van der Waals surface area contributed by atoms with Gasteiger partial charge in [-0.05, 0) is 51.9 Å². The number of nitrogens with one attached hydrogen (secondary N) is 2. The van der Waals surface area contributed by atoms with E-state index in [0.29, 0.717) is 18.3 Å². The Hall–Kier alpha value is -2.41. The van der Waals surface area contributed by atoms with Gasteiger partial charge in [0.05, 0.1) is 18.8 Å². The lowest BCUT2D eigenvalue weighted by Gasteiger charge is -2.22. The first-order valence-electron chi connectivity index (χ1n) is 8.76. The van der Waals surface area contributed by atoms with Crippen LogP contribution in [0.2, 0.25) is 0 Å². The molecule has 1 aromatic carbocycles. The van der Waals surface area contributed by atoms with Crippen LogP contribution in [-0.4, -0.2) is 46.6 Å². The lowest BCUT2D eigenvalue weighted by atomic mass is 10.1. The highest BCUT2D eigenvalue weighted by Crippen LogP contribution is 2.17. The monoisotopic (exact) mass is 343 g/mol. The molecule has 7 nitrogen and oxygen atoms in total. The molecular formula is C18H25N5O2. The first-order chi connectivity index (χ1) is 12.1. The fourth-order valence-corrected chi connectivity index (χ4v) is 2.85. The van der Waals surface area contributed by atoms with Gasteiger partial charge in [-0.15, -0.1) is 5.10 Å². The van der Waals surface area contributed by atoms with E-state index < -0.39 is 0 Å². The first-order valence-corrected chi connectivity index (χ1v) is 8.76. The van der Waals surface area contributed by atoms with Crippen LogP contribution in [0.3, 0.4) is 0 Å². The Bertz CT molecular complexity index is 692. The van der Waals surface area contributed by atoms with Crippen LogP contribution in [0.4, 0.5) is 0 Å². The summed E-state index contributed by atoms with van der Waals surface area (Å²) in [6.07, 6.45) is 3.61. The van der Waals surface area contributed by atoms with Crippen LogP contribution >= 0.6 is 0 Å². The lowest BCUT2D eigenvalue weighted by molar-refractivity contribution is 0.0927. The standard InChI is InChI=1S/C18H25N5O2/c1-13-3-5-16(6-4-13)25-14(2)11-20-18(24)17-12-23(22-21-17)15-7-9-19-10-8-15/h3-6,12,14-15,19H,7-11H2,1-2H3,(H,20,24). The Balaban J connectivity index is 1.48. The molecule has 25 heavy (non-hydrogen) atoms. The van der Waals surface area contributed by atoms with Crippen molar-refractivity contribution < 1.29 is 9.53 Å². The molecule has 134 valence electrons. The molecule has 1 aliphatic rings. The Morgan fingerprint density at radius 2 is 2.08 bits per heavy atom. The van der Waals surface area contributed by atoms with Crippen molar-refractivity contribution in [3.63, 3.8) is 0 Å². The number of nitrogens with zero attached hydrogens (tertiary/aromatic N) is 3. The van der Waals surface area contributed by atoms with Crippen LogP contribution in [0.5, 0.6) is 5.75 Å². The van der Waals surface area contributed by atoms with Crippen molar-refractivity contribution >= 4 is 5.91 Å². The number of amides is 1. The molecule has 0 bridgehead atoms. The molecule has 1 fully saturated rings. The summed E-state index contributed by atoms with van der Waals surface area (Å²) in [5.74, 6) is 0.573. The van der Waals surface area contributed by atoms with Gasteiger partial charge in [-0.25, -0.2) is 4.68 Å². The zero-order valence-electron chi connectivity index (χ0n) is 14.7. The average molecular weight is 343 g/mol. The van der Waals surface area contributed by atoms with Gasteiger partial charge in [-0.1, -0.05) is 22.9 Å². The average Bonchev–Trinajstić information content (AvgIpc) is 3.13. The quantitative estimate of drug-likeness (QED) is 0.834. The number of carbonyl (C=O) groups excluding carboxylic acids is 1. The van der Waals surface area contributed by atoms with Crippen molar-refractivity contribution in [2.75, 3.05) is 19.6 Å². The Kier molecular flexibility index (Phi) is 5.65. The fraction of sp³-hybridized carbons (Fsp3) is 0.500. The maximum atomic E-state index is 12.2. The summed E-state index contributed by atoms with van der Waals surface area (Å²) in [6, 6.07) is 8.18. The van der Waals surface area contributed by atoms with E-state index in [1.54, 1.807) is 6.20 Å². The molecule has 1 amide bonds. The van der Waals surface area contributed by atoms with Gasteiger partial charge in [0.25, 0.3) is 5.91 Å². The fourth-order valence-electron chi connectivity index (χ4n) is 2.85. The van der Waals surface area contributed by atoms with Gasteiger partial charge < -0.3 is 15.4 Å². The summed E-state index contributed by atoms with van der Waals surface area (Å²) in [5, 5.41) is 14.3. The van der Waals surface area contributed by atoms with E-state index in [4.69, 9.17) is 4.74 Å². The maximum absolute atomic E-state index is 12.2. The molecule has 2 heterocycles. The van der Waals surface area contributed by atoms with Gasteiger partial charge in [-0.2, -0.15) is 0 Å². The molecule has 2 N–H and O–H groups in total. The third-order valence-electron chi connectivity index (χ3n) is 4.33. The van der Waals surface area contributed by atoms with Crippen LogP contribution in [0.1, 0.15) is 41.9 Å². The summed E-state index contributed by atoms with van der Waals surface area (Å²) >= 11 is 0. The SMILES string of the molecule is Cc1ccc(OC(C)CNC(=O)c2cn(C3CCNCC3)nn2)cc1. The number of hydrogen-bond donors (Lipinski definition) is 2. The normalized spacial score (nSPS) is 16.4. The van der Waals surface area contributed by atoms with Crippen molar-refractivity contribution in [1.29, 1.82) is 0 Å². The van der Waals surface area contributed by atoms with Crippen LogP contribution in [0.15, 0.2) is 30.5 Å². The molecule has 1 aliphatic heterocycles. The van der Waals surface area contributed by atoms with Gasteiger partial charge in [0, 0.05) is 0 Å². The minimum atomic E-state index is -0.223. The van der Waals surface area contributed by atoms with Crippen molar-refractivity contribution in [1.82, 2.24) is 25.6 Å². The second-order valence-electron chi connectivity index (χ2n) is 6.52. The van der Waals surface area contributed by atoms with E-state index in [1.807, 2.05) is 42.8 Å². The molecular weight excluding hydrogens is 318 g/mol. The number of carbonyl (C=O) groups is 1. The third kappa shape index (κ3) is 4.79. The van der Waals surface area contributed by atoms with Gasteiger partial charge in [0.2, 0.25) is 0 Å². The smallest absolute Gasteiger partial charge is 0.273 e. The van der Waals surface area contributed by atoms with Crippen molar-refractivity contribution in [3.05, 3.63) is 41.7 Å². The summed E-state index contributed by atoms with van der Waals surface area (Å²) in [7, 11) is 0. The van der Waals surface area contributed by atoms with Gasteiger partial charge >= 0.3 is 0 Å². The van der Waals surface area contributed by atoms with E-state index >= 15 is 0 Å². The highest BCUT2D eigenvalue weighted by Gasteiger charge is 2.19. The molecule has 1 aromatic heterocycles. The molecule has 1 unspecified atom stereocenters. The Morgan fingerprint density at radius 3 is 2.80 bits per heavy atom. The summed E-state index contributed by atoms with van der Waals surface area (Å²) in [5.41, 5.74) is 1.53. The number of hydrogen-bond acceptors (Lipinski definition) is 5. The number of piperidine rings is 1. The van der Waals surface area contributed by atoms with Crippen LogP contribution in [0.25, 0.3) is 0 Å². The number of aryl methyl sites for hydroxylation is 1. The second-order valence-corrected chi connectivity index (χ2v) is 6.52. The van der Waals surface area contributed by atoms with Crippen LogP contribution < -0.4 is 15.4 Å². The predicted octanol–water partition coefficient (Wildman–Crippen LogP) is 1.71. The zero-order valence-corrected chi connectivity index (χ0v) is 14.7. The summed E-state index contributed by atoms with van der Waals surface area (Å²) in [6.45, 7) is 6.31. The van der Waals surface area contributed by atoms with Crippen LogP contribution in [-0.2, 0) is 0 Å². The van der Waals surface area contributed by atoms with E-state index in [-0.39, 0.29) is 12.0 Å². The highest BCUT2D eigenvalue weighted by molar-refractivity contribution is 5.91. The van der Waals surface area contributed by atoms with Crippen molar-refractivity contribution in [3.8, 4) is 5.75 Å². The highest BCUT2D eigenvalue weighted by atomic mass is 16.5. The van der Waals surface area contributed by atoms with Gasteiger partial charge in [-0.3, -0.25) is 4.79 Å². The van der Waals surface area contributed by atoms with E-state index in [1.165, 1.54) is 5.56 Å². The first kappa shape index (κ1) is 17.4. The predicted molar refractivity (Wildman–Crippen MR) is 94.8 cm³/mol. The molecule has 0 radical (unpaired) electrons. The zero-order chi connectivity index (χ0) is 17.6. The Labute approximate surface area is 147 Å². The van der Waals surface area contributed by atoms with Gasteiger partial charge in [0.15, 0.2) is 5.69 Å². The van der Waals surface area contributed by atoms with E-state index in [9.17, 15) is 4.79 Å². The van der Waals surface area contributed by atoms with Gasteiger partial charge in [0.1, 0.15) is 11.9 Å². The molecule has 0 aliphatic carbocycles. The molecule has 0 saturated carbocycles. The second kappa shape index (κ2) is 8.11. The minimum absolute atomic E-state index is 0.133. The summed E-state index contributed by atoms with van der Waals surface area (Å²) in [4.78, 5) is 12.2. The molecule has 0 spiro atoms. The Morgan fingerprint density at radius 1 is 1.36 bits per heavy atom. The van der Waals surface area contributed by atoms with E-state index in [2.05, 4.69) is 20.9 Å². The minimum Gasteiger partial charge on any atom is -0.489 e. The molecule has 1 atom stereocenters.